The van der Waals surface area contributed by atoms with E-state index in [1.807, 2.05) is 4.90 Å². The van der Waals surface area contributed by atoms with Crippen molar-refractivity contribution in [2.45, 2.75) is 76.8 Å². The van der Waals surface area contributed by atoms with Crippen LogP contribution in [0.3, 0.4) is 0 Å². The molecule has 34 heavy (non-hydrogen) atoms. The number of piperazine rings is 1. The smallest absolute Gasteiger partial charge is 0.246 e. The molecule has 0 aromatic heterocycles. The number of nitrogens with one attached hydrogen (secondary N) is 1. The van der Waals surface area contributed by atoms with Gasteiger partial charge < -0.3 is 20.0 Å². The maximum Gasteiger partial charge on any atom is 0.246 e. The highest BCUT2D eigenvalue weighted by Gasteiger charge is 2.53. The number of amides is 2. The molecular formula is C28H46N4O2. The number of piperidine rings is 1. The van der Waals surface area contributed by atoms with E-state index in [1.54, 1.807) is 0 Å². The van der Waals surface area contributed by atoms with Gasteiger partial charge in [-0.1, -0.05) is 50.6 Å². The van der Waals surface area contributed by atoms with Crippen molar-refractivity contribution in [1.29, 1.82) is 0 Å². The Bertz CT molecular complexity index is 772. The zero-order valence-corrected chi connectivity index (χ0v) is 21.9. The van der Waals surface area contributed by atoms with Crippen LogP contribution in [0.5, 0.6) is 0 Å². The standard InChI is InChI=1S/C28H46N4O2/c1-23(2)22-25-26(33)32(19-11-17-30(3)4)28(27(34)29-25)15-20-31(21-16-28)18-10-6-9-14-24-12-7-5-8-13-24/h5,7-8,12-13,23,25H,6,9-11,14-22H2,1-4H3,(H,29,34)/t25-/m0/s1. The summed E-state index contributed by atoms with van der Waals surface area (Å²) in [5.74, 6) is 0.571. The van der Waals surface area contributed by atoms with E-state index in [2.05, 4.69) is 73.4 Å². The summed E-state index contributed by atoms with van der Waals surface area (Å²) >= 11 is 0. The Labute approximate surface area is 207 Å². The molecule has 0 saturated carbocycles. The zero-order chi connectivity index (χ0) is 24.6. The van der Waals surface area contributed by atoms with E-state index in [0.29, 0.717) is 18.9 Å². The number of likely N-dealkylation sites (tertiary alicyclic amines) is 1. The number of hydrogen-bond donors (Lipinski definition) is 1. The Morgan fingerprint density at radius 1 is 1.00 bits per heavy atom. The van der Waals surface area contributed by atoms with Gasteiger partial charge in [0.05, 0.1) is 0 Å². The van der Waals surface area contributed by atoms with Crippen LogP contribution in [0.4, 0.5) is 0 Å². The second-order valence-corrected chi connectivity index (χ2v) is 11.0. The lowest BCUT2D eigenvalue weighted by atomic mass is 9.80. The highest BCUT2D eigenvalue weighted by atomic mass is 16.2. The minimum atomic E-state index is -0.666. The first-order chi connectivity index (χ1) is 16.3. The molecule has 0 radical (unpaired) electrons. The number of benzene rings is 1. The molecule has 190 valence electrons. The minimum Gasteiger partial charge on any atom is -0.342 e. The third-order valence-corrected chi connectivity index (χ3v) is 7.47. The molecular weight excluding hydrogens is 424 g/mol. The van der Waals surface area contributed by atoms with Gasteiger partial charge in [0.15, 0.2) is 0 Å². The third kappa shape index (κ3) is 7.05. The summed E-state index contributed by atoms with van der Waals surface area (Å²) < 4.78 is 0. The molecule has 1 spiro atoms. The van der Waals surface area contributed by atoms with Crippen LogP contribution in [0.15, 0.2) is 30.3 Å². The Morgan fingerprint density at radius 3 is 2.35 bits per heavy atom. The van der Waals surface area contributed by atoms with Crippen molar-refractivity contribution in [3.63, 3.8) is 0 Å². The normalized spacial score (nSPS) is 21.0. The molecule has 0 unspecified atom stereocenters. The summed E-state index contributed by atoms with van der Waals surface area (Å²) in [6.07, 6.45) is 7.86. The molecule has 2 fully saturated rings. The summed E-state index contributed by atoms with van der Waals surface area (Å²) in [4.78, 5) is 33.5. The van der Waals surface area contributed by atoms with E-state index in [4.69, 9.17) is 0 Å². The van der Waals surface area contributed by atoms with Gasteiger partial charge in [0.2, 0.25) is 11.8 Å². The second-order valence-electron chi connectivity index (χ2n) is 11.0. The maximum atomic E-state index is 13.5. The van der Waals surface area contributed by atoms with Crippen molar-refractivity contribution in [2.24, 2.45) is 5.92 Å². The second kappa shape index (κ2) is 12.7. The van der Waals surface area contributed by atoms with E-state index in [1.165, 1.54) is 24.8 Å². The van der Waals surface area contributed by atoms with E-state index in [0.717, 1.165) is 51.9 Å². The summed E-state index contributed by atoms with van der Waals surface area (Å²) in [5.41, 5.74) is 0.751. The van der Waals surface area contributed by atoms with Crippen LogP contribution in [0.2, 0.25) is 0 Å². The predicted molar refractivity (Wildman–Crippen MR) is 139 cm³/mol. The van der Waals surface area contributed by atoms with Gasteiger partial charge in [0, 0.05) is 19.6 Å². The third-order valence-electron chi connectivity index (χ3n) is 7.47. The van der Waals surface area contributed by atoms with Gasteiger partial charge in [-0.05, 0) is 83.6 Å². The van der Waals surface area contributed by atoms with Gasteiger partial charge in [-0.15, -0.1) is 0 Å². The maximum absolute atomic E-state index is 13.5. The van der Waals surface area contributed by atoms with E-state index in [9.17, 15) is 9.59 Å². The number of unbranched alkanes of at least 4 members (excludes halogenated alkanes) is 2. The van der Waals surface area contributed by atoms with Gasteiger partial charge in [-0.25, -0.2) is 0 Å². The molecule has 1 aromatic carbocycles. The van der Waals surface area contributed by atoms with Crippen LogP contribution in [-0.4, -0.2) is 84.9 Å². The van der Waals surface area contributed by atoms with Crippen molar-refractivity contribution in [3.8, 4) is 0 Å². The molecule has 0 aliphatic carbocycles. The van der Waals surface area contributed by atoms with Crippen LogP contribution in [0.25, 0.3) is 0 Å². The molecule has 1 aromatic rings. The van der Waals surface area contributed by atoms with Crippen molar-refractivity contribution in [3.05, 3.63) is 35.9 Å². The van der Waals surface area contributed by atoms with Crippen LogP contribution in [0.1, 0.15) is 64.4 Å². The molecule has 6 heteroatoms. The largest absolute Gasteiger partial charge is 0.342 e. The molecule has 2 amide bonds. The van der Waals surface area contributed by atoms with Gasteiger partial charge >= 0.3 is 0 Å². The Morgan fingerprint density at radius 2 is 1.71 bits per heavy atom. The first kappa shape index (κ1) is 26.7. The molecule has 1 N–H and O–H groups in total. The summed E-state index contributed by atoms with van der Waals surface area (Å²) in [5, 5.41) is 3.12. The van der Waals surface area contributed by atoms with Crippen molar-refractivity contribution in [2.75, 3.05) is 46.8 Å². The average Bonchev–Trinajstić information content (AvgIpc) is 2.81. The van der Waals surface area contributed by atoms with Gasteiger partial charge in [-0.3, -0.25) is 9.59 Å². The molecule has 2 saturated heterocycles. The Kier molecular flexibility index (Phi) is 9.96. The topological polar surface area (TPSA) is 55.9 Å². The van der Waals surface area contributed by atoms with Gasteiger partial charge in [-0.2, -0.15) is 0 Å². The lowest BCUT2D eigenvalue weighted by Crippen LogP contribution is -2.73. The number of nitrogens with zero attached hydrogens (tertiary/aromatic N) is 3. The Hall–Kier alpha value is -1.92. The molecule has 2 aliphatic heterocycles. The van der Waals surface area contributed by atoms with Crippen molar-refractivity contribution < 1.29 is 9.59 Å². The predicted octanol–water partition coefficient (Wildman–Crippen LogP) is 3.56. The quantitative estimate of drug-likeness (QED) is 0.475. The average molecular weight is 471 g/mol. The van der Waals surface area contributed by atoms with E-state index < -0.39 is 5.54 Å². The fourth-order valence-electron chi connectivity index (χ4n) is 5.51. The number of hydrogen-bond acceptors (Lipinski definition) is 4. The lowest BCUT2D eigenvalue weighted by Gasteiger charge is -2.52. The first-order valence-electron chi connectivity index (χ1n) is 13.4. The van der Waals surface area contributed by atoms with E-state index >= 15 is 0 Å². The highest BCUT2D eigenvalue weighted by Crippen LogP contribution is 2.34. The van der Waals surface area contributed by atoms with Gasteiger partial charge in [0.25, 0.3) is 0 Å². The summed E-state index contributed by atoms with van der Waals surface area (Å²) in [6, 6.07) is 10.3. The number of carbonyl (C=O) groups excluding carboxylic acids is 2. The fraction of sp³-hybridized carbons (Fsp3) is 0.714. The number of carbonyl (C=O) groups is 2. The molecule has 2 aliphatic rings. The fourth-order valence-corrected chi connectivity index (χ4v) is 5.51. The monoisotopic (exact) mass is 470 g/mol. The highest BCUT2D eigenvalue weighted by molar-refractivity contribution is 6.00. The van der Waals surface area contributed by atoms with Crippen LogP contribution >= 0.6 is 0 Å². The molecule has 6 nitrogen and oxygen atoms in total. The molecule has 2 heterocycles. The van der Waals surface area contributed by atoms with Gasteiger partial charge in [0.1, 0.15) is 11.6 Å². The van der Waals surface area contributed by atoms with Crippen molar-refractivity contribution in [1.82, 2.24) is 20.0 Å². The molecule has 3 rings (SSSR count). The zero-order valence-electron chi connectivity index (χ0n) is 21.9. The number of rotatable bonds is 12. The van der Waals surface area contributed by atoms with Crippen LogP contribution < -0.4 is 5.32 Å². The van der Waals surface area contributed by atoms with E-state index in [-0.39, 0.29) is 17.9 Å². The number of aryl methyl sites for hydroxylation is 1. The molecule has 1 atom stereocenters. The minimum absolute atomic E-state index is 0.0742. The lowest BCUT2D eigenvalue weighted by molar-refractivity contribution is -0.161. The summed E-state index contributed by atoms with van der Waals surface area (Å²) in [6.45, 7) is 8.66. The summed E-state index contributed by atoms with van der Waals surface area (Å²) in [7, 11) is 4.11. The molecule has 0 bridgehead atoms. The van der Waals surface area contributed by atoms with Crippen LogP contribution in [-0.2, 0) is 16.0 Å². The SMILES string of the molecule is CC(C)C[C@@H]1NC(=O)C2(CCN(CCCCCc3ccccc3)CC2)N(CCCN(C)C)C1=O. The van der Waals surface area contributed by atoms with Crippen LogP contribution in [0, 0.1) is 5.92 Å². The Balaban J connectivity index is 1.53. The van der Waals surface area contributed by atoms with Crippen molar-refractivity contribution >= 4 is 11.8 Å². The first-order valence-corrected chi connectivity index (χ1v) is 13.4.